The summed E-state index contributed by atoms with van der Waals surface area (Å²) in [5.74, 6) is 1.18. The fourth-order valence-electron chi connectivity index (χ4n) is 1.87. The van der Waals surface area contributed by atoms with Gasteiger partial charge in [-0.3, -0.25) is 4.79 Å². The van der Waals surface area contributed by atoms with Gasteiger partial charge in [0, 0.05) is 13.7 Å². The lowest BCUT2D eigenvalue weighted by Gasteiger charge is -2.15. The summed E-state index contributed by atoms with van der Waals surface area (Å²) in [6.07, 6.45) is 0.864. The zero-order valence-corrected chi connectivity index (χ0v) is 12.6. The van der Waals surface area contributed by atoms with Gasteiger partial charge in [0.05, 0.1) is 25.8 Å². The predicted molar refractivity (Wildman–Crippen MR) is 77.8 cm³/mol. The maximum atomic E-state index is 12.4. The SMILES string of the molecule is COCCCNC(C)C(=O)c1cc(OC)ccc1OC. The van der Waals surface area contributed by atoms with Crippen LogP contribution in [0.3, 0.4) is 0 Å². The van der Waals surface area contributed by atoms with Crippen LogP contribution in [0.4, 0.5) is 0 Å². The number of carbonyl (C=O) groups excluding carboxylic acids is 1. The molecule has 0 aliphatic rings. The Bertz CT molecular complexity index is 434. The molecule has 0 fully saturated rings. The number of ketones is 1. The van der Waals surface area contributed by atoms with E-state index in [-0.39, 0.29) is 11.8 Å². The van der Waals surface area contributed by atoms with E-state index in [1.807, 2.05) is 6.92 Å². The van der Waals surface area contributed by atoms with Gasteiger partial charge in [-0.05, 0) is 38.1 Å². The van der Waals surface area contributed by atoms with E-state index in [0.29, 0.717) is 23.7 Å². The van der Waals surface area contributed by atoms with E-state index < -0.39 is 0 Å². The van der Waals surface area contributed by atoms with E-state index in [0.717, 1.165) is 13.0 Å². The normalized spacial score (nSPS) is 12.0. The van der Waals surface area contributed by atoms with Gasteiger partial charge in [-0.2, -0.15) is 0 Å². The maximum absolute atomic E-state index is 12.4. The number of hydrogen-bond donors (Lipinski definition) is 1. The van der Waals surface area contributed by atoms with Crippen molar-refractivity contribution >= 4 is 5.78 Å². The second-order valence-corrected chi connectivity index (χ2v) is 4.45. The summed E-state index contributed by atoms with van der Waals surface area (Å²) < 4.78 is 15.4. The Morgan fingerprint density at radius 2 is 2.00 bits per heavy atom. The summed E-state index contributed by atoms with van der Waals surface area (Å²) in [7, 11) is 4.79. The molecule has 0 radical (unpaired) electrons. The number of methoxy groups -OCH3 is 3. The molecule has 112 valence electrons. The summed E-state index contributed by atoms with van der Waals surface area (Å²) >= 11 is 0. The van der Waals surface area contributed by atoms with Crippen LogP contribution in [0, 0.1) is 0 Å². The van der Waals surface area contributed by atoms with Crippen LogP contribution in [0.25, 0.3) is 0 Å². The maximum Gasteiger partial charge on any atom is 0.183 e. The average Bonchev–Trinajstić information content (AvgIpc) is 2.49. The zero-order chi connectivity index (χ0) is 15.0. The van der Waals surface area contributed by atoms with Gasteiger partial charge in [0.25, 0.3) is 0 Å². The fraction of sp³-hybridized carbons (Fsp3) is 0.533. The van der Waals surface area contributed by atoms with E-state index in [9.17, 15) is 4.79 Å². The van der Waals surface area contributed by atoms with Crippen LogP contribution >= 0.6 is 0 Å². The molecule has 0 bridgehead atoms. The Morgan fingerprint density at radius 3 is 2.60 bits per heavy atom. The fourth-order valence-corrected chi connectivity index (χ4v) is 1.87. The summed E-state index contributed by atoms with van der Waals surface area (Å²) in [6.45, 7) is 3.25. The van der Waals surface area contributed by atoms with Crippen molar-refractivity contribution in [2.75, 3.05) is 34.5 Å². The Balaban J connectivity index is 2.74. The number of hydrogen-bond acceptors (Lipinski definition) is 5. The van der Waals surface area contributed by atoms with Crippen molar-refractivity contribution < 1.29 is 19.0 Å². The lowest BCUT2D eigenvalue weighted by Crippen LogP contribution is -2.35. The molecule has 0 saturated carbocycles. The molecule has 0 aliphatic carbocycles. The van der Waals surface area contributed by atoms with Crippen molar-refractivity contribution in [2.24, 2.45) is 0 Å². The van der Waals surface area contributed by atoms with Gasteiger partial charge in [0.1, 0.15) is 11.5 Å². The van der Waals surface area contributed by atoms with Gasteiger partial charge in [0.15, 0.2) is 5.78 Å². The van der Waals surface area contributed by atoms with Crippen molar-refractivity contribution in [2.45, 2.75) is 19.4 Å². The molecule has 20 heavy (non-hydrogen) atoms. The van der Waals surface area contributed by atoms with Crippen LogP contribution in [-0.2, 0) is 4.74 Å². The summed E-state index contributed by atoms with van der Waals surface area (Å²) in [4.78, 5) is 12.4. The summed E-state index contributed by atoms with van der Waals surface area (Å²) in [6, 6.07) is 4.93. The lowest BCUT2D eigenvalue weighted by atomic mass is 10.0. The predicted octanol–water partition coefficient (Wildman–Crippen LogP) is 1.90. The molecule has 0 aliphatic heterocycles. The third-order valence-corrected chi connectivity index (χ3v) is 3.04. The quantitative estimate of drug-likeness (QED) is 0.553. The second-order valence-electron chi connectivity index (χ2n) is 4.45. The second kappa shape index (κ2) is 8.55. The number of nitrogens with one attached hydrogen (secondary N) is 1. The first-order chi connectivity index (χ1) is 9.63. The van der Waals surface area contributed by atoms with Gasteiger partial charge >= 0.3 is 0 Å². The molecule has 1 unspecified atom stereocenters. The Hall–Kier alpha value is -1.59. The van der Waals surface area contributed by atoms with Gasteiger partial charge in [-0.1, -0.05) is 0 Å². The standard InChI is InChI=1S/C15H23NO4/c1-11(16-8-5-9-18-2)15(17)13-10-12(19-3)6-7-14(13)20-4/h6-7,10-11,16H,5,8-9H2,1-4H3. The third-order valence-electron chi connectivity index (χ3n) is 3.04. The molecule has 0 aromatic heterocycles. The smallest absolute Gasteiger partial charge is 0.183 e. The van der Waals surface area contributed by atoms with Crippen LogP contribution in [0.15, 0.2) is 18.2 Å². The highest BCUT2D eigenvalue weighted by atomic mass is 16.5. The highest BCUT2D eigenvalue weighted by Crippen LogP contribution is 2.25. The lowest BCUT2D eigenvalue weighted by molar-refractivity contribution is 0.0945. The molecular formula is C15H23NO4. The number of rotatable bonds is 9. The van der Waals surface area contributed by atoms with Crippen LogP contribution in [0.5, 0.6) is 11.5 Å². The molecule has 1 rings (SSSR count). The molecule has 0 amide bonds. The summed E-state index contributed by atoms with van der Waals surface area (Å²) in [5.41, 5.74) is 0.526. The van der Waals surface area contributed by atoms with Crippen LogP contribution in [0.2, 0.25) is 0 Å². The first kappa shape index (κ1) is 16.5. The van der Waals surface area contributed by atoms with Gasteiger partial charge < -0.3 is 19.5 Å². The molecule has 1 aromatic rings. The molecular weight excluding hydrogens is 258 g/mol. The molecule has 5 nitrogen and oxygen atoms in total. The molecule has 0 saturated heterocycles. The largest absolute Gasteiger partial charge is 0.497 e. The third kappa shape index (κ3) is 4.51. The van der Waals surface area contributed by atoms with E-state index in [1.54, 1.807) is 39.5 Å². The van der Waals surface area contributed by atoms with Crippen molar-refractivity contribution in [3.8, 4) is 11.5 Å². The number of ether oxygens (including phenoxy) is 3. The van der Waals surface area contributed by atoms with Crippen LogP contribution < -0.4 is 14.8 Å². The first-order valence-corrected chi connectivity index (χ1v) is 6.62. The average molecular weight is 281 g/mol. The Labute approximate surface area is 120 Å². The first-order valence-electron chi connectivity index (χ1n) is 6.62. The van der Waals surface area contributed by atoms with Crippen LogP contribution in [0.1, 0.15) is 23.7 Å². The van der Waals surface area contributed by atoms with E-state index in [1.165, 1.54) is 0 Å². The monoisotopic (exact) mass is 281 g/mol. The van der Waals surface area contributed by atoms with Crippen molar-refractivity contribution in [3.63, 3.8) is 0 Å². The molecule has 5 heteroatoms. The van der Waals surface area contributed by atoms with Gasteiger partial charge in [0.2, 0.25) is 0 Å². The molecule has 0 spiro atoms. The Morgan fingerprint density at radius 1 is 1.25 bits per heavy atom. The number of carbonyl (C=O) groups is 1. The number of benzene rings is 1. The topological polar surface area (TPSA) is 56.8 Å². The molecule has 1 atom stereocenters. The molecule has 1 aromatic carbocycles. The zero-order valence-electron chi connectivity index (χ0n) is 12.6. The van der Waals surface area contributed by atoms with E-state index in [4.69, 9.17) is 14.2 Å². The minimum atomic E-state index is -0.284. The van der Waals surface area contributed by atoms with Crippen LogP contribution in [-0.4, -0.2) is 46.3 Å². The Kier molecular flexibility index (Phi) is 7.04. The highest BCUT2D eigenvalue weighted by Gasteiger charge is 2.19. The van der Waals surface area contributed by atoms with Crippen molar-refractivity contribution in [3.05, 3.63) is 23.8 Å². The molecule has 1 N–H and O–H groups in total. The van der Waals surface area contributed by atoms with Gasteiger partial charge in [-0.25, -0.2) is 0 Å². The number of Topliss-reactive ketones (excluding diaryl/α,β-unsaturated/α-hetero) is 1. The van der Waals surface area contributed by atoms with Gasteiger partial charge in [-0.15, -0.1) is 0 Å². The summed E-state index contributed by atoms with van der Waals surface area (Å²) in [5, 5.41) is 3.18. The van der Waals surface area contributed by atoms with E-state index in [2.05, 4.69) is 5.32 Å². The minimum Gasteiger partial charge on any atom is -0.497 e. The van der Waals surface area contributed by atoms with Crippen molar-refractivity contribution in [1.29, 1.82) is 0 Å². The van der Waals surface area contributed by atoms with Crippen molar-refractivity contribution in [1.82, 2.24) is 5.32 Å². The van der Waals surface area contributed by atoms with E-state index >= 15 is 0 Å². The minimum absolute atomic E-state index is 0.0156. The molecule has 0 heterocycles. The highest BCUT2D eigenvalue weighted by molar-refractivity contribution is 6.02.